The SMILES string of the molecule is CC(C)(C)OC1CCC(C)(C)N1[O]. The Labute approximate surface area is 80.6 Å². The first kappa shape index (κ1) is 11.0. The van der Waals surface area contributed by atoms with Crippen molar-refractivity contribution < 1.29 is 9.94 Å². The maximum absolute atomic E-state index is 11.7. The van der Waals surface area contributed by atoms with Gasteiger partial charge < -0.3 is 4.74 Å². The quantitative estimate of drug-likeness (QED) is 0.629. The van der Waals surface area contributed by atoms with Gasteiger partial charge in [0.1, 0.15) is 6.23 Å². The molecular formula is C10H20NO2. The first-order valence-corrected chi connectivity index (χ1v) is 4.87. The summed E-state index contributed by atoms with van der Waals surface area (Å²) in [7, 11) is 0. The molecule has 0 saturated carbocycles. The molecule has 1 saturated heterocycles. The number of hydrogen-bond acceptors (Lipinski definition) is 2. The minimum Gasteiger partial charge on any atom is -0.355 e. The fraction of sp³-hybridized carbons (Fsp3) is 1.00. The fourth-order valence-corrected chi connectivity index (χ4v) is 1.61. The predicted octanol–water partition coefficient (Wildman–Crippen LogP) is 2.35. The van der Waals surface area contributed by atoms with Crippen LogP contribution in [0.5, 0.6) is 0 Å². The Morgan fingerprint density at radius 2 is 1.92 bits per heavy atom. The molecule has 0 aromatic rings. The van der Waals surface area contributed by atoms with Gasteiger partial charge in [0.25, 0.3) is 0 Å². The molecule has 3 heteroatoms. The topological polar surface area (TPSA) is 32.4 Å². The highest BCUT2D eigenvalue weighted by Gasteiger charge is 2.42. The van der Waals surface area contributed by atoms with E-state index in [1.807, 2.05) is 34.6 Å². The second-order valence-electron chi connectivity index (χ2n) is 5.36. The molecule has 1 aliphatic heterocycles. The number of hydrogen-bond donors (Lipinski definition) is 0. The van der Waals surface area contributed by atoms with Gasteiger partial charge >= 0.3 is 0 Å². The average molecular weight is 186 g/mol. The fourth-order valence-electron chi connectivity index (χ4n) is 1.61. The molecule has 0 aliphatic carbocycles. The zero-order valence-corrected chi connectivity index (χ0v) is 9.26. The second kappa shape index (κ2) is 3.23. The average Bonchev–Trinajstić information content (AvgIpc) is 2.13. The van der Waals surface area contributed by atoms with Crippen LogP contribution in [-0.4, -0.2) is 22.4 Å². The van der Waals surface area contributed by atoms with Crippen LogP contribution in [0.2, 0.25) is 0 Å². The summed E-state index contributed by atoms with van der Waals surface area (Å²) in [4.78, 5) is 0. The number of nitrogens with zero attached hydrogens (tertiary/aromatic N) is 1. The van der Waals surface area contributed by atoms with Gasteiger partial charge in [0, 0.05) is 5.54 Å². The van der Waals surface area contributed by atoms with Crippen molar-refractivity contribution in [3.8, 4) is 0 Å². The first-order valence-electron chi connectivity index (χ1n) is 4.87. The lowest BCUT2D eigenvalue weighted by molar-refractivity contribution is -0.293. The maximum atomic E-state index is 11.7. The molecule has 0 amide bonds. The standard InChI is InChI=1S/C10H20NO2/c1-9(2,3)13-8-6-7-10(4,5)11(8)12/h8H,6-7H2,1-5H3. The molecule has 13 heavy (non-hydrogen) atoms. The van der Waals surface area contributed by atoms with Gasteiger partial charge in [0.15, 0.2) is 0 Å². The van der Waals surface area contributed by atoms with E-state index in [4.69, 9.17) is 4.74 Å². The second-order valence-corrected chi connectivity index (χ2v) is 5.36. The molecule has 1 radical (unpaired) electrons. The van der Waals surface area contributed by atoms with E-state index in [0.29, 0.717) is 0 Å². The third-order valence-electron chi connectivity index (χ3n) is 2.35. The van der Waals surface area contributed by atoms with Gasteiger partial charge in [-0.05, 0) is 47.5 Å². The molecule has 1 rings (SSSR count). The van der Waals surface area contributed by atoms with Gasteiger partial charge in [0.05, 0.1) is 5.60 Å². The summed E-state index contributed by atoms with van der Waals surface area (Å²) in [5.74, 6) is 0. The van der Waals surface area contributed by atoms with Crippen LogP contribution in [0.15, 0.2) is 0 Å². The molecule has 0 spiro atoms. The molecule has 0 bridgehead atoms. The van der Waals surface area contributed by atoms with Crippen LogP contribution in [0, 0.1) is 0 Å². The van der Waals surface area contributed by atoms with Crippen molar-refractivity contribution in [3.63, 3.8) is 0 Å². The lowest BCUT2D eigenvalue weighted by atomic mass is 10.0. The minimum absolute atomic E-state index is 0.228. The normalized spacial score (nSPS) is 29.5. The van der Waals surface area contributed by atoms with Crippen LogP contribution in [0.4, 0.5) is 0 Å². The summed E-state index contributed by atoms with van der Waals surface area (Å²) in [6.07, 6.45) is 1.50. The third-order valence-corrected chi connectivity index (χ3v) is 2.35. The number of rotatable bonds is 1. The maximum Gasteiger partial charge on any atom is 0.137 e. The van der Waals surface area contributed by atoms with Gasteiger partial charge in [0.2, 0.25) is 0 Å². The minimum atomic E-state index is -0.255. The molecule has 1 aliphatic rings. The highest BCUT2D eigenvalue weighted by Crippen LogP contribution is 2.34. The van der Waals surface area contributed by atoms with E-state index in [2.05, 4.69) is 0 Å². The summed E-state index contributed by atoms with van der Waals surface area (Å²) < 4.78 is 5.66. The summed E-state index contributed by atoms with van der Waals surface area (Å²) in [5, 5.41) is 12.8. The molecule has 0 N–H and O–H groups in total. The van der Waals surface area contributed by atoms with Crippen molar-refractivity contribution in [2.45, 2.75) is 64.8 Å². The largest absolute Gasteiger partial charge is 0.355 e. The van der Waals surface area contributed by atoms with E-state index >= 15 is 0 Å². The van der Waals surface area contributed by atoms with Gasteiger partial charge in [-0.25, -0.2) is 0 Å². The van der Waals surface area contributed by atoms with Crippen molar-refractivity contribution in [2.24, 2.45) is 0 Å². The number of ether oxygens (including phenoxy) is 1. The summed E-state index contributed by atoms with van der Waals surface area (Å²) in [6, 6.07) is 0. The monoisotopic (exact) mass is 186 g/mol. The van der Waals surface area contributed by atoms with Crippen molar-refractivity contribution in [1.82, 2.24) is 5.06 Å². The predicted molar refractivity (Wildman–Crippen MR) is 50.5 cm³/mol. The Morgan fingerprint density at radius 3 is 2.23 bits per heavy atom. The number of hydroxylamine groups is 2. The van der Waals surface area contributed by atoms with E-state index in [9.17, 15) is 5.21 Å². The van der Waals surface area contributed by atoms with E-state index < -0.39 is 0 Å². The van der Waals surface area contributed by atoms with Crippen LogP contribution < -0.4 is 0 Å². The third kappa shape index (κ3) is 2.66. The van der Waals surface area contributed by atoms with Gasteiger partial charge in [-0.3, -0.25) is 0 Å². The van der Waals surface area contributed by atoms with E-state index in [1.54, 1.807) is 0 Å². The summed E-state index contributed by atoms with van der Waals surface area (Å²) >= 11 is 0. The van der Waals surface area contributed by atoms with E-state index in [0.717, 1.165) is 17.9 Å². The van der Waals surface area contributed by atoms with Gasteiger partial charge in [-0.2, -0.15) is 0 Å². The van der Waals surface area contributed by atoms with Crippen LogP contribution in [0.1, 0.15) is 47.5 Å². The van der Waals surface area contributed by atoms with E-state index in [1.165, 1.54) is 0 Å². The highest BCUT2D eigenvalue weighted by atomic mass is 16.6. The molecule has 0 aromatic carbocycles. The van der Waals surface area contributed by atoms with Crippen LogP contribution in [-0.2, 0) is 9.94 Å². The lowest BCUT2D eigenvalue weighted by Gasteiger charge is -2.31. The Bertz CT molecular complexity index is 184. The van der Waals surface area contributed by atoms with Crippen molar-refractivity contribution in [3.05, 3.63) is 0 Å². The van der Waals surface area contributed by atoms with Crippen molar-refractivity contribution in [2.75, 3.05) is 0 Å². The van der Waals surface area contributed by atoms with E-state index in [-0.39, 0.29) is 17.4 Å². The van der Waals surface area contributed by atoms with Crippen molar-refractivity contribution in [1.29, 1.82) is 0 Å². The first-order chi connectivity index (χ1) is 5.72. The molecule has 1 atom stereocenters. The summed E-state index contributed by atoms with van der Waals surface area (Å²) in [5.41, 5.74) is -0.482. The molecule has 1 unspecified atom stereocenters. The lowest BCUT2D eigenvalue weighted by Crippen LogP contribution is -2.42. The molecular weight excluding hydrogens is 166 g/mol. The van der Waals surface area contributed by atoms with Crippen LogP contribution >= 0.6 is 0 Å². The molecule has 77 valence electrons. The highest BCUT2D eigenvalue weighted by molar-refractivity contribution is 4.86. The van der Waals surface area contributed by atoms with Crippen LogP contribution in [0.25, 0.3) is 0 Å². The Hall–Kier alpha value is -0.120. The van der Waals surface area contributed by atoms with Crippen LogP contribution in [0.3, 0.4) is 0 Å². The van der Waals surface area contributed by atoms with Gasteiger partial charge in [-0.1, -0.05) is 0 Å². The van der Waals surface area contributed by atoms with Crippen molar-refractivity contribution >= 4 is 0 Å². The summed E-state index contributed by atoms with van der Waals surface area (Å²) in [6.45, 7) is 9.86. The molecule has 0 aromatic heterocycles. The molecule has 3 nitrogen and oxygen atoms in total. The van der Waals surface area contributed by atoms with Gasteiger partial charge in [-0.15, -0.1) is 10.3 Å². The Morgan fingerprint density at radius 1 is 1.38 bits per heavy atom. The zero-order valence-electron chi connectivity index (χ0n) is 9.26. The molecule has 1 heterocycles. The Kier molecular flexibility index (Phi) is 2.72. The Balaban J connectivity index is 2.56. The molecule has 1 fully saturated rings. The smallest absolute Gasteiger partial charge is 0.137 e. The zero-order chi connectivity index (χ0) is 10.3.